The number of amides is 1. The summed E-state index contributed by atoms with van der Waals surface area (Å²) in [6, 6.07) is 17.3. The summed E-state index contributed by atoms with van der Waals surface area (Å²) in [5, 5.41) is 12.1. The molecule has 0 saturated heterocycles. The number of H-pyrrole nitrogens is 2. The van der Waals surface area contributed by atoms with Crippen LogP contribution in [0.1, 0.15) is 42.2 Å². The lowest BCUT2D eigenvalue weighted by atomic mass is 10.1. The number of fused-ring (bicyclic) bond motifs is 1. The predicted octanol–water partition coefficient (Wildman–Crippen LogP) is 4.89. The van der Waals surface area contributed by atoms with Crippen molar-refractivity contribution >= 4 is 23.0 Å². The van der Waals surface area contributed by atoms with E-state index >= 15 is 0 Å². The second-order valence-corrected chi connectivity index (χ2v) is 7.24. The Bertz CT molecular complexity index is 1170. The number of aromatic amines is 2. The van der Waals surface area contributed by atoms with Gasteiger partial charge in [0.05, 0.1) is 18.5 Å². The van der Waals surface area contributed by atoms with E-state index in [0.29, 0.717) is 11.4 Å². The van der Waals surface area contributed by atoms with Crippen molar-refractivity contribution in [3.63, 3.8) is 0 Å². The van der Waals surface area contributed by atoms with Crippen LogP contribution in [0.2, 0.25) is 0 Å². The summed E-state index contributed by atoms with van der Waals surface area (Å²) >= 11 is 0. The number of ether oxygens (including phenoxy) is 1. The lowest BCUT2D eigenvalue weighted by molar-refractivity contribution is 0.0950. The normalized spacial score (nSPS) is 11.3. The smallest absolute Gasteiger partial charge is 0.289 e. The molecule has 2 heterocycles. The van der Waals surface area contributed by atoms with Gasteiger partial charge in [-0.15, -0.1) is 0 Å². The number of carbonyl (C=O) groups is 1. The molecule has 0 spiro atoms. The number of nitrogens with zero attached hydrogens (tertiary/aromatic N) is 2. The first kappa shape index (κ1) is 20.4. The van der Waals surface area contributed by atoms with Crippen LogP contribution in [-0.2, 0) is 0 Å². The molecule has 0 unspecified atom stereocenters. The fourth-order valence-electron chi connectivity index (χ4n) is 3.27. The van der Waals surface area contributed by atoms with E-state index < -0.39 is 0 Å². The number of rotatable bonds is 9. The van der Waals surface area contributed by atoms with E-state index in [1.807, 2.05) is 54.7 Å². The van der Waals surface area contributed by atoms with Crippen molar-refractivity contribution in [1.82, 2.24) is 20.6 Å². The maximum atomic E-state index is 12.4. The number of carbonyl (C=O) groups excluding carboxylic acids is 1. The average Bonchev–Trinajstić information content (AvgIpc) is 3.45. The molecule has 4 aromatic rings. The van der Waals surface area contributed by atoms with Crippen molar-refractivity contribution < 1.29 is 9.53 Å². The minimum absolute atomic E-state index is 0.339. The molecule has 158 valence electrons. The fourth-order valence-corrected chi connectivity index (χ4v) is 3.27. The van der Waals surface area contributed by atoms with Crippen LogP contribution in [0.5, 0.6) is 5.75 Å². The number of unbranched alkanes of at least 4 members (excludes halogenated alkanes) is 2. The van der Waals surface area contributed by atoms with Gasteiger partial charge in [0.1, 0.15) is 11.4 Å². The zero-order chi connectivity index (χ0) is 21.5. The topological polar surface area (TPSA) is 95.2 Å². The predicted molar refractivity (Wildman–Crippen MR) is 122 cm³/mol. The Morgan fingerprint density at radius 1 is 1.16 bits per heavy atom. The molecule has 0 bridgehead atoms. The molecular weight excluding hydrogens is 390 g/mol. The molecule has 1 amide bonds. The van der Waals surface area contributed by atoms with E-state index in [4.69, 9.17) is 4.74 Å². The van der Waals surface area contributed by atoms with Gasteiger partial charge in [-0.3, -0.25) is 9.89 Å². The molecule has 0 atom stereocenters. The molecule has 0 saturated carbocycles. The van der Waals surface area contributed by atoms with Gasteiger partial charge in [0.25, 0.3) is 5.91 Å². The largest absolute Gasteiger partial charge is 0.494 e. The molecule has 2 aromatic heterocycles. The van der Waals surface area contributed by atoms with E-state index in [1.165, 1.54) is 12.8 Å². The molecule has 7 heteroatoms. The fraction of sp³-hybridized carbons (Fsp3) is 0.208. The Labute approximate surface area is 180 Å². The number of hydrogen-bond acceptors (Lipinski definition) is 4. The zero-order valence-electron chi connectivity index (χ0n) is 17.4. The van der Waals surface area contributed by atoms with Gasteiger partial charge in [-0.2, -0.15) is 10.2 Å². The number of benzene rings is 2. The molecule has 4 rings (SSSR count). The molecule has 7 nitrogen and oxygen atoms in total. The third kappa shape index (κ3) is 5.01. The summed E-state index contributed by atoms with van der Waals surface area (Å²) in [7, 11) is 0. The highest BCUT2D eigenvalue weighted by Gasteiger charge is 2.11. The lowest BCUT2D eigenvalue weighted by Crippen LogP contribution is -2.17. The number of nitrogens with one attached hydrogen (secondary N) is 3. The molecule has 3 N–H and O–H groups in total. The van der Waals surface area contributed by atoms with E-state index in [1.54, 1.807) is 12.3 Å². The standard InChI is InChI=1S/C24H25N5O2/c1-2-3-6-13-31-19-11-9-17(10-12-19)22-14-23(28-27-22)24(30)29-26-16-18-15-25-21-8-5-4-7-20(18)21/h4-5,7-12,14-16,25H,2-3,6,13H2,1H3,(H,27,28)(H,29,30). The first-order valence-electron chi connectivity index (χ1n) is 10.4. The van der Waals surface area contributed by atoms with Crippen LogP contribution in [0, 0.1) is 0 Å². The molecule has 0 aliphatic rings. The van der Waals surface area contributed by atoms with Crippen molar-refractivity contribution in [3.05, 3.63) is 72.1 Å². The van der Waals surface area contributed by atoms with Crippen molar-refractivity contribution in [3.8, 4) is 17.0 Å². The number of hydrazone groups is 1. The molecule has 0 fully saturated rings. The summed E-state index contributed by atoms with van der Waals surface area (Å²) in [6.45, 7) is 2.89. The minimum atomic E-state index is -0.356. The lowest BCUT2D eigenvalue weighted by Gasteiger charge is -2.06. The van der Waals surface area contributed by atoms with Crippen LogP contribution in [0.3, 0.4) is 0 Å². The van der Waals surface area contributed by atoms with Gasteiger partial charge < -0.3 is 9.72 Å². The van der Waals surface area contributed by atoms with Gasteiger partial charge in [0.15, 0.2) is 0 Å². The third-order valence-electron chi connectivity index (χ3n) is 4.98. The summed E-state index contributed by atoms with van der Waals surface area (Å²) in [4.78, 5) is 15.6. The Balaban J connectivity index is 1.35. The number of hydrogen-bond donors (Lipinski definition) is 3. The molecule has 0 aliphatic carbocycles. The van der Waals surface area contributed by atoms with Crippen LogP contribution < -0.4 is 10.2 Å². The van der Waals surface area contributed by atoms with Crippen molar-refractivity contribution in [1.29, 1.82) is 0 Å². The molecule has 31 heavy (non-hydrogen) atoms. The highest BCUT2D eigenvalue weighted by molar-refractivity contribution is 6.00. The van der Waals surface area contributed by atoms with Crippen molar-refractivity contribution in [2.24, 2.45) is 5.10 Å². The van der Waals surface area contributed by atoms with Crippen LogP contribution in [0.4, 0.5) is 0 Å². The number of para-hydroxylation sites is 1. The van der Waals surface area contributed by atoms with Gasteiger partial charge in [-0.25, -0.2) is 5.43 Å². The SMILES string of the molecule is CCCCCOc1ccc(-c2cc(C(=O)NN=Cc3c[nH]c4ccccc34)[nH]n2)cc1. The van der Waals surface area contributed by atoms with Crippen LogP contribution >= 0.6 is 0 Å². The highest BCUT2D eigenvalue weighted by atomic mass is 16.5. The van der Waals surface area contributed by atoms with Crippen molar-refractivity contribution in [2.45, 2.75) is 26.2 Å². The van der Waals surface area contributed by atoms with E-state index in [2.05, 4.69) is 32.6 Å². The molecule has 2 aromatic carbocycles. The highest BCUT2D eigenvalue weighted by Crippen LogP contribution is 2.21. The number of aromatic nitrogens is 3. The maximum Gasteiger partial charge on any atom is 0.289 e. The summed E-state index contributed by atoms with van der Waals surface area (Å²) < 4.78 is 5.73. The molecule has 0 aliphatic heterocycles. The van der Waals surface area contributed by atoms with Gasteiger partial charge in [-0.1, -0.05) is 38.0 Å². The first-order valence-corrected chi connectivity index (χ1v) is 10.4. The Morgan fingerprint density at radius 2 is 2.00 bits per heavy atom. The monoisotopic (exact) mass is 415 g/mol. The average molecular weight is 415 g/mol. The minimum Gasteiger partial charge on any atom is -0.494 e. The summed E-state index contributed by atoms with van der Waals surface area (Å²) in [5.41, 5.74) is 6.38. The van der Waals surface area contributed by atoms with Gasteiger partial charge in [-0.05, 0) is 42.8 Å². The summed E-state index contributed by atoms with van der Waals surface area (Å²) in [6.07, 6.45) is 6.87. The summed E-state index contributed by atoms with van der Waals surface area (Å²) in [5.74, 6) is 0.477. The Hall–Kier alpha value is -3.87. The quantitative estimate of drug-likeness (QED) is 0.206. The van der Waals surface area contributed by atoms with Crippen LogP contribution in [-0.4, -0.2) is 33.9 Å². The van der Waals surface area contributed by atoms with Crippen LogP contribution in [0.25, 0.3) is 22.2 Å². The van der Waals surface area contributed by atoms with Gasteiger partial charge in [0, 0.05) is 28.2 Å². The first-order chi connectivity index (χ1) is 15.2. The maximum absolute atomic E-state index is 12.4. The van der Waals surface area contributed by atoms with Gasteiger partial charge in [0.2, 0.25) is 0 Å². The molecular formula is C24H25N5O2. The Morgan fingerprint density at radius 3 is 2.84 bits per heavy atom. The van der Waals surface area contributed by atoms with Crippen molar-refractivity contribution in [2.75, 3.05) is 6.61 Å². The van der Waals surface area contributed by atoms with E-state index in [-0.39, 0.29) is 5.91 Å². The molecule has 0 radical (unpaired) electrons. The Kier molecular flexibility index (Phi) is 6.42. The second kappa shape index (κ2) is 9.75. The van der Waals surface area contributed by atoms with Crippen LogP contribution in [0.15, 0.2) is 65.9 Å². The third-order valence-corrected chi connectivity index (χ3v) is 4.98. The van der Waals surface area contributed by atoms with E-state index in [9.17, 15) is 4.79 Å². The van der Waals surface area contributed by atoms with Gasteiger partial charge >= 0.3 is 0 Å². The zero-order valence-corrected chi connectivity index (χ0v) is 17.4. The van der Waals surface area contributed by atoms with E-state index in [0.717, 1.165) is 40.8 Å². The second-order valence-electron chi connectivity index (χ2n) is 7.24.